The summed E-state index contributed by atoms with van der Waals surface area (Å²) in [5.74, 6) is -0.322. The van der Waals surface area contributed by atoms with E-state index in [1.807, 2.05) is 27.7 Å². The van der Waals surface area contributed by atoms with Gasteiger partial charge in [0.15, 0.2) is 0 Å². The second-order valence-corrected chi connectivity index (χ2v) is 6.76. The molecular formula is C18H22N2O4. The minimum atomic E-state index is -0.482. The Labute approximate surface area is 140 Å². The Bertz CT molecular complexity index is 831. The molecule has 0 aliphatic heterocycles. The standard InChI is InChI=1S/C18H22N2O4/c1-11-9-16(22)24-14-10-12(5-6-13(11)14)20-15(21)7-8-19-17(23)18(2,3)4/h5-6,9-10H,7-8H2,1-4H3,(H,19,23)(H,20,21). The van der Waals surface area contributed by atoms with Crippen molar-refractivity contribution in [3.05, 3.63) is 40.2 Å². The molecule has 0 saturated heterocycles. The number of carbonyl (C=O) groups is 2. The third kappa shape index (κ3) is 4.44. The van der Waals surface area contributed by atoms with E-state index in [1.54, 1.807) is 18.2 Å². The van der Waals surface area contributed by atoms with E-state index in [-0.39, 0.29) is 24.8 Å². The van der Waals surface area contributed by atoms with Gasteiger partial charge in [-0.25, -0.2) is 4.79 Å². The van der Waals surface area contributed by atoms with Crippen molar-refractivity contribution >= 4 is 28.5 Å². The second-order valence-electron chi connectivity index (χ2n) is 6.76. The van der Waals surface area contributed by atoms with E-state index >= 15 is 0 Å². The molecule has 6 heteroatoms. The van der Waals surface area contributed by atoms with Gasteiger partial charge in [0.05, 0.1) is 0 Å². The molecule has 0 unspecified atom stereocenters. The van der Waals surface area contributed by atoms with Crippen LogP contribution in [0, 0.1) is 12.3 Å². The van der Waals surface area contributed by atoms with Gasteiger partial charge in [-0.1, -0.05) is 20.8 Å². The summed E-state index contributed by atoms with van der Waals surface area (Å²) >= 11 is 0. The van der Waals surface area contributed by atoms with Crippen LogP contribution < -0.4 is 16.3 Å². The van der Waals surface area contributed by atoms with Crippen LogP contribution in [0.15, 0.2) is 33.5 Å². The monoisotopic (exact) mass is 330 g/mol. The lowest BCUT2D eigenvalue weighted by Gasteiger charge is -2.17. The number of benzene rings is 1. The van der Waals surface area contributed by atoms with E-state index in [4.69, 9.17) is 4.42 Å². The van der Waals surface area contributed by atoms with Crippen molar-refractivity contribution in [2.45, 2.75) is 34.1 Å². The number of carbonyl (C=O) groups excluding carboxylic acids is 2. The zero-order chi connectivity index (χ0) is 17.9. The maximum atomic E-state index is 12.0. The summed E-state index contributed by atoms with van der Waals surface area (Å²) < 4.78 is 5.15. The Morgan fingerprint density at radius 3 is 2.54 bits per heavy atom. The van der Waals surface area contributed by atoms with E-state index in [9.17, 15) is 14.4 Å². The fraction of sp³-hybridized carbons (Fsp3) is 0.389. The molecule has 1 aromatic carbocycles. The normalized spacial score (nSPS) is 11.3. The molecule has 2 N–H and O–H groups in total. The molecule has 6 nitrogen and oxygen atoms in total. The summed E-state index contributed by atoms with van der Waals surface area (Å²) in [6.45, 7) is 7.53. The first kappa shape index (κ1) is 17.7. The number of fused-ring (bicyclic) bond motifs is 1. The maximum absolute atomic E-state index is 12.0. The fourth-order valence-electron chi connectivity index (χ4n) is 2.18. The summed E-state index contributed by atoms with van der Waals surface area (Å²) in [5.41, 5.74) is 0.893. The Morgan fingerprint density at radius 2 is 1.88 bits per heavy atom. The lowest BCUT2D eigenvalue weighted by atomic mass is 9.96. The van der Waals surface area contributed by atoms with Gasteiger partial charge in [-0.2, -0.15) is 0 Å². The van der Waals surface area contributed by atoms with Crippen LogP contribution in [0.4, 0.5) is 5.69 Å². The number of nitrogens with one attached hydrogen (secondary N) is 2. The SMILES string of the molecule is Cc1cc(=O)oc2cc(NC(=O)CCNC(=O)C(C)(C)C)ccc12. The molecule has 0 aliphatic carbocycles. The van der Waals surface area contributed by atoms with Crippen molar-refractivity contribution in [3.8, 4) is 0 Å². The molecule has 2 amide bonds. The van der Waals surface area contributed by atoms with E-state index in [2.05, 4.69) is 10.6 Å². The van der Waals surface area contributed by atoms with Gasteiger partial charge in [0, 0.05) is 41.6 Å². The van der Waals surface area contributed by atoms with Gasteiger partial charge in [0.1, 0.15) is 5.58 Å². The topological polar surface area (TPSA) is 88.4 Å². The molecule has 0 radical (unpaired) electrons. The van der Waals surface area contributed by atoms with Gasteiger partial charge >= 0.3 is 5.63 Å². The number of amides is 2. The number of rotatable bonds is 4. The average Bonchev–Trinajstić information content (AvgIpc) is 2.45. The van der Waals surface area contributed by atoms with Crippen molar-refractivity contribution in [2.24, 2.45) is 5.41 Å². The zero-order valence-corrected chi connectivity index (χ0v) is 14.4. The van der Waals surface area contributed by atoms with Crippen molar-refractivity contribution in [3.63, 3.8) is 0 Å². The summed E-state index contributed by atoms with van der Waals surface area (Å²) in [6.07, 6.45) is 0.164. The fourth-order valence-corrected chi connectivity index (χ4v) is 2.18. The van der Waals surface area contributed by atoms with Crippen LogP contribution in [0.5, 0.6) is 0 Å². The zero-order valence-electron chi connectivity index (χ0n) is 14.4. The number of hydrogen-bond acceptors (Lipinski definition) is 4. The Kier molecular flexibility index (Phi) is 5.07. The highest BCUT2D eigenvalue weighted by molar-refractivity contribution is 5.94. The lowest BCUT2D eigenvalue weighted by Crippen LogP contribution is -2.36. The van der Waals surface area contributed by atoms with Crippen molar-refractivity contribution in [1.82, 2.24) is 5.32 Å². The predicted octanol–water partition coefficient (Wildman–Crippen LogP) is 2.59. The smallest absolute Gasteiger partial charge is 0.336 e. The van der Waals surface area contributed by atoms with E-state index in [0.717, 1.165) is 10.9 Å². The molecule has 24 heavy (non-hydrogen) atoms. The number of aryl methyl sites for hydroxylation is 1. The van der Waals surface area contributed by atoms with Gasteiger partial charge in [0.2, 0.25) is 11.8 Å². The molecule has 2 aromatic rings. The highest BCUT2D eigenvalue weighted by Gasteiger charge is 2.20. The van der Waals surface area contributed by atoms with Gasteiger partial charge in [-0.3, -0.25) is 9.59 Å². The van der Waals surface area contributed by atoms with E-state index < -0.39 is 11.0 Å². The molecule has 1 aromatic heterocycles. The molecule has 128 valence electrons. The van der Waals surface area contributed by atoms with Crippen molar-refractivity contribution < 1.29 is 14.0 Å². The molecule has 0 fully saturated rings. The van der Waals surface area contributed by atoms with Crippen molar-refractivity contribution in [2.75, 3.05) is 11.9 Å². The van der Waals surface area contributed by atoms with Gasteiger partial charge < -0.3 is 15.1 Å². The largest absolute Gasteiger partial charge is 0.423 e. The van der Waals surface area contributed by atoms with Crippen LogP contribution in [0.3, 0.4) is 0 Å². The van der Waals surface area contributed by atoms with Crippen LogP contribution in [0.2, 0.25) is 0 Å². The molecule has 1 heterocycles. The Hall–Kier alpha value is -2.63. The molecule has 0 aliphatic rings. The molecular weight excluding hydrogens is 308 g/mol. The minimum absolute atomic E-state index is 0.0988. The molecule has 0 atom stereocenters. The summed E-state index contributed by atoms with van der Waals surface area (Å²) in [5, 5.41) is 6.28. The van der Waals surface area contributed by atoms with E-state index in [1.165, 1.54) is 6.07 Å². The third-order valence-corrected chi connectivity index (χ3v) is 3.55. The average molecular weight is 330 g/mol. The molecule has 0 spiro atoms. The highest BCUT2D eigenvalue weighted by Crippen LogP contribution is 2.20. The van der Waals surface area contributed by atoms with Crippen LogP contribution in [-0.4, -0.2) is 18.4 Å². The molecule has 2 rings (SSSR count). The summed E-state index contributed by atoms with van der Waals surface area (Å²) in [4.78, 5) is 35.1. The summed E-state index contributed by atoms with van der Waals surface area (Å²) in [6, 6.07) is 6.60. The van der Waals surface area contributed by atoms with Crippen LogP contribution >= 0.6 is 0 Å². The maximum Gasteiger partial charge on any atom is 0.336 e. The van der Waals surface area contributed by atoms with E-state index in [0.29, 0.717) is 11.3 Å². The van der Waals surface area contributed by atoms with Gasteiger partial charge in [-0.05, 0) is 24.6 Å². The first-order valence-corrected chi connectivity index (χ1v) is 7.79. The Morgan fingerprint density at radius 1 is 1.17 bits per heavy atom. The summed E-state index contributed by atoms with van der Waals surface area (Å²) in [7, 11) is 0. The number of anilines is 1. The van der Waals surface area contributed by atoms with Crippen LogP contribution in [0.25, 0.3) is 11.0 Å². The third-order valence-electron chi connectivity index (χ3n) is 3.55. The first-order valence-electron chi connectivity index (χ1n) is 7.79. The second kappa shape index (κ2) is 6.86. The minimum Gasteiger partial charge on any atom is -0.423 e. The van der Waals surface area contributed by atoms with Gasteiger partial charge in [-0.15, -0.1) is 0 Å². The molecule has 0 saturated carbocycles. The Balaban J connectivity index is 1.98. The first-order chi connectivity index (χ1) is 11.2. The number of hydrogen-bond donors (Lipinski definition) is 2. The van der Waals surface area contributed by atoms with Crippen molar-refractivity contribution in [1.29, 1.82) is 0 Å². The lowest BCUT2D eigenvalue weighted by molar-refractivity contribution is -0.128. The molecule has 0 bridgehead atoms. The van der Waals surface area contributed by atoms with Crippen LogP contribution in [0.1, 0.15) is 32.8 Å². The predicted molar refractivity (Wildman–Crippen MR) is 92.9 cm³/mol. The van der Waals surface area contributed by atoms with Gasteiger partial charge in [0.25, 0.3) is 0 Å². The van der Waals surface area contributed by atoms with Crippen LogP contribution in [-0.2, 0) is 9.59 Å². The quantitative estimate of drug-likeness (QED) is 0.843. The highest BCUT2D eigenvalue weighted by atomic mass is 16.4.